The molecule has 2 aromatic carbocycles. The van der Waals surface area contributed by atoms with Crippen LogP contribution >= 0.6 is 11.6 Å². The first kappa shape index (κ1) is 25.9. The molecule has 0 spiro atoms. The summed E-state index contributed by atoms with van der Waals surface area (Å²) >= 11 is 6.18. The van der Waals surface area contributed by atoms with E-state index >= 15 is 0 Å². The van der Waals surface area contributed by atoms with Crippen molar-refractivity contribution in [3.63, 3.8) is 0 Å². The summed E-state index contributed by atoms with van der Waals surface area (Å²) in [6.45, 7) is 3.41. The van der Waals surface area contributed by atoms with Crippen LogP contribution < -0.4 is 14.9 Å². The first-order chi connectivity index (χ1) is 17.6. The monoisotopic (exact) mass is 540 g/mol. The summed E-state index contributed by atoms with van der Waals surface area (Å²) in [7, 11) is -3.90. The zero-order chi connectivity index (χ0) is 26.7. The first-order valence-corrected chi connectivity index (χ1v) is 12.8. The number of amides is 2. The molecule has 10 nitrogen and oxygen atoms in total. The Bertz CT molecular complexity index is 1510. The largest absolute Gasteiger partial charge is 0.459 e. The van der Waals surface area contributed by atoms with Gasteiger partial charge >= 0.3 is 5.97 Å². The van der Waals surface area contributed by atoms with E-state index in [0.29, 0.717) is 5.69 Å². The molecule has 1 aromatic heterocycles. The van der Waals surface area contributed by atoms with Gasteiger partial charge in [0, 0.05) is 11.9 Å². The van der Waals surface area contributed by atoms with Gasteiger partial charge in [-0.25, -0.2) is 23.1 Å². The van der Waals surface area contributed by atoms with Gasteiger partial charge in [-0.1, -0.05) is 23.7 Å². The minimum absolute atomic E-state index is 0.0377. The molecule has 3 aromatic rings. The lowest BCUT2D eigenvalue weighted by molar-refractivity contribution is -0.120. The molecular formula is C25H21ClN4O6S. The summed E-state index contributed by atoms with van der Waals surface area (Å²) in [6, 6.07) is 16.2. The lowest BCUT2D eigenvalue weighted by Gasteiger charge is -2.16. The highest BCUT2D eigenvalue weighted by molar-refractivity contribution is 7.92. The molecular weight excluding hydrogens is 520 g/mol. The van der Waals surface area contributed by atoms with E-state index in [1.807, 2.05) is 0 Å². The molecule has 190 valence electrons. The minimum atomic E-state index is -3.90. The third kappa shape index (κ3) is 5.63. The van der Waals surface area contributed by atoms with E-state index in [2.05, 4.69) is 15.0 Å². The van der Waals surface area contributed by atoms with Gasteiger partial charge in [0.05, 0.1) is 22.3 Å². The van der Waals surface area contributed by atoms with Gasteiger partial charge in [-0.15, -0.1) is 0 Å². The standard InChI is InChI=1S/C25H21ClN4O6S/c1-15(2)36-25(33)16-6-5-7-18(14-16)30-23(31)21(26)22(24(30)32)28-17-9-11-19(12-10-17)37(34,35)29-20-8-3-4-13-27-20/h3-15,28H,1-2H3,(H,27,29). The normalized spacial score (nSPS) is 13.8. The second kappa shape index (κ2) is 10.4. The highest BCUT2D eigenvalue weighted by atomic mass is 35.5. The predicted octanol–water partition coefficient (Wildman–Crippen LogP) is 3.88. The molecule has 1 aliphatic rings. The van der Waals surface area contributed by atoms with Gasteiger partial charge in [-0.2, -0.15) is 0 Å². The summed E-state index contributed by atoms with van der Waals surface area (Å²) in [5.41, 5.74) is 0.442. The fourth-order valence-electron chi connectivity index (χ4n) is 3.38. The molecule has 0 aliphatic carbocycles. The van der Waals surface area contributed by atoms with Crippen LogP contribution in [0.5, 0.6) is 0 Å². The molecule has 2 heterocycles. The van der Waals surface area contributed by atoms with Gasteiger partial charge in [0.2, 0.25) is 0 Å². The number of ether oxygens (including phenoxy) is 1. The van der Waals surface area contributed by atoms with Gasteiger partial charge in [0.15, 0.2) is 0 Å². The van der Waals surface area contributed by atoms with E-state index in [4.69, 9.17) is 16.3 Å². The Morgan fingerprint density at radius 3 is 2.38 bits per heavy atom. The van der Waals surface area contributed by atoms with Crippen LogP contribution in [-0.2, 0) is 24.3 Å². The van der Waals surface area contributed by atoms with Crippen LogP contribution in [0, 0.1) is 0 Å². The Morgan fingerprint density at radius 2 is 1.73 bits per heavy atom. The molecule has 0 fully saturated rings. The zero-order valence-corrected chi connectivity index (χ0v) is 21.2. The highest BCUT2D eigenvalue weighted by Gasteiger charge is 2.39. The zero-order valence-electron chi connectivity index (χ0n) is 19.6. The van der Waals surface area contributed by atoms with Gasteiger partial charge < -0.3 is 10.1 Å². The van der Waals surface area contributed by atoms with Crippen molar-refractivity contribution in [2.45, 2.75) is 24.8 Å². The van der Waals surface area contributed by atoms with Crippen LogP contribution in [0.15, 0.2) is 88.6 Å². The lowest BCUT2D eigenvalue weighted by atomic mass is 10.2. The van der Waals surface area contributed by atoms with E-state index < -0.39 is 27.8 Å². The molecule has 0 bridgehead atoms. The van der Waals surface area contributed by atoms with Crippen molar-refractivity contribution in [2.75, 3.05) is 14.9 Å². The Balaban J connectivity index is 1.51. The molecule has 4 rings (SSSR count). The molecule has 1 aliphatic heterocycles. The van der Waals surface area contributed by atoms with Gasteiger partial charge in [-0.3, -0.25) is 14.3 Å². The second-order valence-electron chi connectivity index (χ2n) is 8.11. The van der Waals surface area contributed by atoms with Crippen molar-refractivity contribution in [1.82, 2.24) is 4.98 Å². The van der Waals surface area contributed by atoms with Crippen molar-refractivity contribution < 1.29 is 27.5 Å². The van der Waals surface area contributed by atoms with Crippen LogP contribution in [0.4, 0.5) is 17.2 Å². The van der Waals surface area contributed by atoms with E-state index in [1.54, 1.807) is 26.0 Å². The summed E-state index contributed by atoms with van der Waals surface area (Å²) in [5, 5.41) is 2.43. The number of sulfonamides is 1. The van der Waals surface area contributed by atoms with E-state index in [0.717, 1.165) is 4.90 Å². The van der Waals surface area contributed by atoms with Crippen molar-refractivity contribution in [3.8, 4) is 0 Å². The maximum absolute atomic E-state index is 13.1. The number of anilines is 3. The van der Waals surface area contributed by atoms with Gasteiger partial charge in [0.25, 0.3) is 21.8 Å². The number of rotatable bonds is 8. The van der Waals surface area contributed by atoms with E-state index in [1.165, 1.54) is 60.8 Å². The molecule has 12 heteroatoms. The SMILES string of the molecule is CC(C)OC(=O)c1cccc(N2C(=O)C(Cl)=C(Nc3ccc(S(=O)(=O)Nc4ccccn4)cc3)C2=O)c1. The highest BCUT2D eigenvalue weighted by Crippen LogP contribution is 2.31. The molecule has 2 amide bonds. The summed E-state index contributed by atoms with van der Waals surface area (Å²) in [5.74, 6) is -1.94. The number of hydrogen-bond donors (Lipinski definition) is 2. The first-order valence-electron chi connectivity index (χ1n) is 11.0. The number of pyridine rings is 1. The van der Waals surface area contributed by atoms with Crippen LogP contribution in [0.25, 0.3) is 0 Å². The molecule has 0 saturated heterocycles. The van der Waals surface area contributed by atoms with Crippen molar-refractivity contribution >= 4 is 56.6 Å². The Kier molecular flexibility index (Phi) is 7.28. The summed E-state index contributed by atoms with van der Waals surface area (Å²) < 4.78 is 32.7. The number of halogens is 1. The fourth-order valence-corrected chi connectivity index (χ4v) is 4.60. The van der Waals surface area contributed by atoms with E-state index in [9.17, 15) is 22.8 Å². The quantitative estimate of drug-likeness (QED) is 0.324. The lowest BCUT2D eigenvalue weighted by Crippen LogP contribution is -2.32. The molecule has 0 atom stereocenters. The second-order valence-corrected chi connectivity index (χ2v) is 10.2. The maximum Gasteiger partial charge on any atom is 0.338 e. The van der Waals surface area contributed by atoms with Crippen LogP contribution in [0.1, 0.15) is 24.2 Å². The smallest absolute Gasteiger partial charge is 0.338 e. The minimum Gasteiger partial charge on any atom is -0.459 e. The number of nitrogens with zero attached hydrogens (tertiary/aromatic N) is 2. The molecule has 0 unspecified atom stereocenters. The number of esters is 1. The molecule has 0 radical (unpaired) electrons. The summed E-state index contributed by atoms with van der Waals surface area (Å²) in [4.78, 5) is 42.9. The third-order valence-electron chi connectivity index (χ3n) is 5.05. The Hall–Kier alpha value is -4.22. The fraction of sp³-hybridized carbons (Fsp3) is 0.120. The molecule has 0 saturated carbocycles. The molecule has 37 heavy (non-hydrogen) atoms. The average Bonchev–Trinajstić information content (AvgIpc) is 3.07. The van der Waals surface area contributed by atoms with Gasteiger partial charge in [0.1, 0.15) is 16.5 Å². The van der Waals surface area contributed by atoms with Gasteiger partial charge in [-0.05, 0) is 68.4 Å². The van der Waals surface area contributed by atoms with E-state index in [-0.39, 0.29) is 38.8 Å². The number of imide groups is 1. The number of carbonyl (C=O) groups is 3. The third-order valence-corrected chi connectivity index (χ3v) is 6.77. The van der Waals surface area contributed by atoms with Crippen LogP contribution in [0.3, 0.4) is 0 Å². The van der Waals surface area contributed by atoms with Crippen molar-refractivity contribution in [1.29, 1.82) is 0 Å². The number of nitrogens with one attached hydrogen (secondary N) is 2. The number of carbonyl (C=O) groups excluding carboxylic acids is 3. The van der Waals surface area contributed by atoms with Crippen LogP contribution in [-0.4, -0.2) is 37.3 Å². The average molecular weight is 541 g/mol. The van der Waals surface area contributed by atoms with Crippen molar-refractivity contribution in [2.24, 2.45) is 0 Å². The Labute approximate surface area is 218 Å². The number of hydrogen-bond acceptors (Lipinski definition) is 8. The Morgan fingerprint density at radius 1 is 1.00 bits per heavy atom. The predicted molar refractivity (Wildman–Crippen MR) is 137 cm³/mol. The summed E-state index contributed by atoms with van der Waals surface area (Å²) in [6.07, 6.45) is 1.12. The van der Waals surface area contributed by atoms with Crippen LogP contribution in [0.2, 0.25) is 0 Å². The van der Waals surface area contributed by atoms with Crippen molar-refractivity contribution in [3.05, 3.63) is 89.2 Å². The number of aromatic nitrogens is 1. The maximum atomic E-state index is 13.1. The topological polar surface area (TPSA) is 135 Å². The number of benzene rings is 2. The molecule has 2 N–H and O–H groups in total.